The quantitative estimate of drug-likeness (QED) is 0.867. The summed E-state index contributed by atoms with van der Waals surface area (Å²) in [6.07, 6.45) is 4.34. The van der Waals surface area contributed by atoms with Crippen molar-refractivity contribution in [1.29, 1.82) is 0 Å². The standard InChI is InChI=1S/C17H20N2O4/c1-2-12-5-6-14(23-12)13-9-21-8-7-19(13)17(20)15-16(11-3-4-11)22-10-18-15/h5-6,10-11,13H,2-4,7-9H2,1H3. The van der Waals surface area contributed by atoms with Crippen LogP contribution in [0.1, 0.15) is 59.5 Å². The van der Waals surface area contributed by atoms with Gasteiger partial charge in [-0.05, 0) is 25.0 Å². The summed E-state index contributed by atoms with van der Waals surface area (Å²) >= 11 is 0. The second-order valence-electron chi connectivity index (χ2n) is 6.09. The zero-order chi connectivity index (χ0) is 15.8. The van der Waals surface area contributed by atoms with E-state index in [0.717, 1.165) is 36.5 Å². The van der Waals surface area contributed by atoms with Crippen LogP contribution in [-0.2, 0) is 11.2 Å². The summed E-state index contributed by atoms with van der Waals surface area (Å²) in [6, 6.07) is 3.68. The molecule has 1 saturated heterocycles. The number of oxazole rings is 1. The predicted octanol–water partition coefficient (Wildman–Crippen LogP) is 2.92. The molecule has 3 heterocycles. The van der Waals surface area contributed by atoms with Gasteiger partial charge in [0.25, 0.3) is 5.91 Å². The number of aromatic nitrogens is 1. The maximum atomic E-state index is 13.0. The summed E-state index contributed by atoms with van der Waals surface area (Å²) < 4.78 is 16.9. The van der Waals surface area contributed by atoms with Crippen LogP contribution in [0.25, 0.3) is 0 Å². The molecule has 23 heavy (non-hydrogen) atoms. The van der Waals surface area contributed by atoms with E-state index in [0.29, 0.717) is 31.4 Å². The van der Waals surface area contributed by atoms with Crippen LogP contribution in [0.2, 0.25) is 0 Å². The Balaban J connectivity index is 1.61. The normalized spacial score (nSPS) is 21.6. The minimum absolute atomic E-state index is 0.0941. The van der Waals surface area contributed by atoms with Crippen molar-refractivity contribution < 1.29 is 18.4 Å². The van der Waals surface area contributed by atoms with Crippen LogP contribution in [0.5, 0.6) is 0 Å². The molecule has 2 aromatic heterocycles. The summed E-state index contributed by atoms with van der Waals surface area (Å²) in [7, 11) is 0. The second-order valence-corrected chi connectivity index (χ2v) is 6.09. The summed E-state index contributed by atoms with van der Waals surface area (Å²) in [6.45, 7) is 3.54. The molecule has 1 saturated carbocycles. The first-order chi connectivity index (χ1) is 11.3. The molecule has 2 aromatic rings. The monoisotopic (exact) mass is 316 g/mol. The maximum Gasteiger partial charge on any atom is 0.276 e. The fourth-order valence-corrected chi connectivity index (χ4v) is 3.03. The number of carbonyl (C=O) groups is 1. The van der Waals surface area contributed by atoms with E-state index in [4.69, 9.17) is 13.6 Å². The Labute approximate surface area is 134 Å². The van der Waals surface area contributed by atoms with Crippen molar-refractivity contribution in [2.24, 2.45) is 0 Å². The van der Waals surface area contributed by atoms with E-state index in [1.54, 1.807) is 4.90 Å². The van der Waals surface area contributed by atoms with Crippen molar-refractivity contribution in [2.75, 3.05) is 19.8 Å². The molecule has 2 fully saturated rings. The van der Waals surface area contributed by atoms with Gasteiger partial charge in [0.05, 0.1) is 13.2 Å². The van der Waals surface area contributed by atoms with Gasteiger partial charge in [0.15, 0.2) is 12.1 Å². The third kappa shape index (κ3) is 2.67. The number of morpholine rings is 1. The molecule has 0 N–H and O–H groups in total. The average molecular weight is 316 g/mol. The smallest absolute Gasteiger partial charge is 0.276 e. The molecule has 1 atom stereocenters. The zero-order valence-electron chi connectivity index (χ0n) is 13.2. The van der Waals surface area contributed by atoms with E-state index in [-0.39, 0.29) is 11.9 Å². The largest absolute Gasteiger partial charge is 0.464 e. The van der Waals surface area contributed by atoms with E-state index in [2.05, 4.69) is 4.98 Å². The van der Waals surface area contributed by atoms with Crippen molar-refractivity contribution in [3.63, 3.8) is 0 Å². The second kappa shape index (κ2) is 5.85. The molecule has 6 heteroatoms. The molecule has 0 radical (unpaired) electrons. The van der Waals surface area contributed by atoms with Crippen LogP contribution >= 0.6 is 0 Å². The van der Waals surface area contributed by atoms with Crippen LogP contribution in [0, 0.1) is 0 Å². The number of carbonyl (C=O) groups excluding carboxylic acids is 1. The van der Waals surface area contributed by atoms with Gasteiger partial charge in [-0.1, -0.05) is 6.92 Å². The molecule has 0 spiro atoms. The predicted molar refractivity (Wildman–Crippen MR) is 81.2 cm³/mol. The third-order valence-corrected chi connectivity index (χ3v) is 4.49. The van der Waals surface area contributed by atoms with Gasteiger partial charge < -0.3 is 18.5 Å². The number of furan rings is 1. The first-order valence-electron chi connectivity index (χ1n) is 8.18. The third-order valence-electron chi connectivity index (χ3n) is 4.49. The minimum Gasteiger partial charge on any atom is -0.464 e. The van der Waals surface area contributed by atoms with Gasteiger partial charge in [-0.25, -0.2) is 4.98 Å². The Kier molecular flexibility index (Phi) is 3.69. The Hall–Kier alpha value is -2.08. The van der Waals surface area contributed by atoms with Crippen molar-refractivity contribution in [1.82, 2.24) is 9.88 Å². The van der Waals surface area contributed by atoms with Gasteiger partial charge in [-0.15, -0.1) is 0 Å². The summed E-state index contributed by atoms with van der Waals surface area (Å²) in [5.41, 5.74) is 0.446. The molecule has 2 aliphatic rings. The Bertz CT molecular complexity index is 701. The molecule has 0 bridgehead atoms. The first kappa shape index (κ1) is 14.5. The molecule has 1 unspecified atom stereocenters. The van der Waals surface area contributed by atoms with Crippen LogP contribution in [0.15, 0.2) is 27.4 Å². The van der Waals surface area contributed by atoms with Crippen LogP contribution < -0.4 is 0 Å². The highest BCUT2D eigenvalue weighted by Crippen LogP contribution is 2.42. The number of amides is 1. The lowest BCUT2D eigenvalue weighted by Crippen LogP contribution is -2.43. The highest BCUT2D eigenvalue weighted by Gasteiger charge is 2.37. The topological polar surface area (TPSA) is 68.7 Å². The zero-order valence-corrected chi connectivity index (χ0v) is 13.2. The Morgan fingerprint density at radius 3 is 3.00 bits per heavy atom. The summed E-state index contributed by atoms with van der Waals surface area (Å²) in [4.78, 5) is 19.0. The van der Waals surface area contributed by atoms with Crippen molar-refractivity contribution in [3.05, 3.63) is 41.5 Å². The number of aryl methyl sites for hydroxylation is 1. The molecule has 6 nitrogen and oxygen atoms in total. The van der Waals surface area contributed by atoms with Gasteiger partial charge in [0.2, 0.25) is 0 Å². The lowest BCUT2D eigenvalue weighted by molar-refractivity contribution is -0.00938. The number of hydrogen-bond acceptors (Lipinski definition) is 5. The first-order valence-corrected chi connectivity index (χ1v) is 8.18. The summed E-state index contributed by atoms with van der Waals surface area (Å²) in [5, 5.41) is 0. The molecule has 1 aliphatic heterocycles. The number of hydrogen-bond donors (Lipinski definition) is 0. The van der Waals surface area contributed by atoms with Crippen LogP contribution in [-0.4, -0.2) is 35.5 Å². The van der Waals surface area contributed by atoms with Crippen molar-refractivity contribution in [2.45, 2.75) is 38.1 Å². The molecule has 1 amide bonds. The molecular weight excluding hydrogens is 296 g/mol. The van der Waals surface area contributed by atoms with E-state index in [9.17, 15) is 4.79 Å². The lowest BCUT2D eigenvalue weighted by atomic mass is 10.1. The average Bonchev–Trinajstić information content (AvgIpc) is 3.14. The maximum absolute atomic E-state index is 13.0. The van der Waals surface area contributed by atoms with E-state index >= 15 is 0 Å². The number of rotatable bonds is 4. The molecular formula is C17H20N2O4. The van der Waals surface area contributed by atoms with E-state index < -0.39 is 0 Å². The van der Waals surface area contributed by atoms with Gasteiger partial charge in [-0.3, -0.25) is 4.79 Å². The molecule has 4 rings (SSSR count). The molecule has 0 aromatic carbocycles. The molecule has 1 aliphatic carbocycles. The highest BCUT2D eigenvalue weighted by molar-refractivity contribution is 5.93. The van der Waals surface area contributed by atoms with Crippen LogP contribution in [0.3, 0.4) is 0 Å². The van der Waals surface area contributed by atoms with E-state index in [1.165, 1.54) is 6.39 Å². The van der Waals surface area contributed by atoms with E-state index in [1.807, 2.05) is 19.1 Å². The fraction of sp³-hybridized carbons (Fsp3) is 0.529. The summed E-state index contributed by atoms with van der Waals surface area (Å²) in [5.74, 6) is 2.67. The van der Waals surface area contributed by atoms with Crippen molar-refractivity contribution in [3.8, 4) is 0 Å². The highest BCUT2D eigenvalue weighted by atomic mass is 16.5. The van der Waals surface area contributed by atoms with Crippen LogP contribution in [0.4, 0.5) is 0 Å². The van der Waals surface area contributed by atoms with Crippen molar-refractivity contribution >= 4 is 5.91 Å². The minimum atomic E-state index is -0.208. The van der Waals surface area contributed by atoms with Gasteiger partial charge in [0, 0.05) is 18.9 Å². The lowest BCUT2D eigenvalue weighted by Gasteiger charge is -2.34. The number of nitrogens with zero attached hydrogens (tertiary/aromatic N) is 2. The Morgan fingerprint density at radius 1 is 1.39 bits per heavy atom. The van der Waals surface area contributed by atoms with Gasteiger partial charge in [-0.2, -0.15) is 0 Å². The fourth-order valence-electron chi connectivity index (χ4n) is 3.03. The molecule has 122 valence electrons. The SMILES string of the molecule is CCc1ccc(C2COCCN2C(=O)c2ncoc2C2CC2)o1. The van der Waals surface area contributed by atoms with Gasteiger partial charge >= 0.3 is 0 Å². The van der Waals surface area contributed by atoms with Gasteiger partial charge in [0.1, 0.15) is 23.3 Å². The number of ether oxygens (including phenoxy) is 1. The Morgan fingerprint density at radius 2 is 2.26 bits per heavy atom.